The Hall–Kier alpha value is -3.25. The van der Waals surface area contributed by atoms with Gasteiger partial charge in [0.15, 0.2) is 5.84 Å². The molecule has 2 aromatic rings. The number of nitrogens with zero attached hydrogens (tertiary/aromatic N) is 2. The van der Waals surface area contributed by atoms with Crippen LogP contribution in [0, 0.1) is 5.41 Å². The molecule has 134 valence electrons. The molecule has 0 atom stereocenters. The zero-order valence-corrected chi connectivity index (χ0v) is 14.6. The van der Waals surface area contributed by atoms with Crippen molar-refractivity contribution in [3.8, 4) is 11.6 Å². The number of nitrogens with one attached hydrogen (secondary N) is 1. The van der Waals surface area contributed by atoms with Crippen molar-refractivity contribution in [3.63, 3.8) is 0 Å². The molecule has 26 heavy (non-hydrogen) atoms. The fraction of sp³-hybridized carbons (Fsp3) is 0.150. The van der Waals surface area contributed by atoms with Gasteiger partial charge in [0, 0.05) is 18.7 Å². The third-order valence-corrected chi connectivity index (χ3v) is 3.33. The molecule has 6 heteroatoms. The second-order valence-corrected chi connectivity index (χ2v) is 5.18. The lowest BCUT2D eigenvalue weighted by molar-refractivity contribution is 0.300. The highest BCUT2D eigenvalue weighted by atomic mass is 16.5. The van der Waals surface area contributed by atoms with E-state index in [2.05, 4.69) is 16.6 Å². The number of aliphatic hydroxyl groups excluding tert-OH is 1. The van der Waals surface area contributed by atoms with Gasteiger partial charge < -0.3 is 14.6 Å². The first-order valence-corrected chi connectivity index (χ1v) is 8.01. The summed E-state index contributed by atoms with van der Waals surface area (Å²) < 4.78 is 10.9. The summed E-state index contributed by atoms with van der Waals surface area (Å²) in [5.41, 5.74) is 1.10. The highest BCUT2D eigenvalue weighted by molar-refractivity contribution is 6.06. The third kappa shape index (κ3) is 5.68. The van der Waals surface area contributed by atoms with Gasteiger partial charge in [0.25, 0.3) is 0 Å². The number of methoxy groups -OCH3 is 1. The monoisotopic (exact) mass is 351 g/mol. The number of hydrogen-bond donors (Lipinski definition) is 2. The summed E-state index contributed by atoms with van der Waals surface area (Å²) in [6.45, 7) is 3.70. The summed E-state index contributed by atoms with van der Waals surface area (Å²) >= 11 is 0. The average Bonchev–Trinajstić information content (AvgIpc) is 2.68. The van der Waals surface area contributed by atoms with Gasteiger partial charge in [-0.2, -0.15) is 4.99 Å². The number of benzene rings is 1. The van der Waals surface area contributed by atoms with Gasteiger partial charge in [0.05, 0.1) is 7.11 Å². The zero-order valence-electron chi connectivity index (χ0n) is 14.6. The Kier molecular flexibility index (Phi) is 7.27. The number of hydrogen-bond acceptors (Lipinski definition) is 5. The van der Waals surface area contributed by atoms with Gasteiger partial charge in [0.1, 0.15) is 11.4 Å². The van der Waals surface area contributed by atoms with Crippen molar-refractivity contribution in [2.24, 2.45) is 4.99 Å². The molecule has 0 saturated heterocycles. The Morgan fingerprint density at radius 2 is 2.00 bits per heavy atom. The number of rotatable bonds is 7. The molecule has 1 heterocycles. The highest BCUT2D eigenvalue weighted by Crippen LogP contribution is 2.13. The molecule has 0 saturated carbocycles. The number of ether oxygens (including phenoxy) is 2. The van der Waals surface area contributed by atoms with Crippen LogP contribution in [0.1, 0.15) is 12.1 Å². The van der Waals surface area contributed by atoms with Crippen LogP contribution in [-0.4, -0.2) is 35.5 Å². The van der Waals surface area contributed by atoms with Crippen molar-refractivity contribution in [2.45, 2.75) is 6.42 Å². The van der Waals surface area contributed by atoms with E-state index in [0.717, 1.165) is 5.57 Å². The summed E-state index contributed by atoms with van der Waals surface area (Å²) in [6, 6.07) is 14.2. The van der Waals surface area contributed by atoms with E-state index in [-0.39, 0.29) is 18.3 Å². The van der Waals surface area contributed by atoms with Crippen LogP contribution in [0.25, 0.3) is 0 Å². The van der Waals surface area contributed by atoms with E-state index < -0.39 is 0 Å². The van der Waals surface area contributed by atoms with Gasteiger partial charge >= 0.3 is 0 Å². The first-order valence-electron chi connectivity index (χ1n) is 8.01. The Labute approximate surface area is 152 Å². The largest absolute Gasteiger partial charge is 0.481 e. The number of aromatic nitrogens is 1. The summed E-state index contributed by atoms with van der Waals surface area (Å²) in [5, 5.41) is 17.4. The Balaban J connectivity index is 2.35. The fourth-order valence-corrected chi connectivity index (χ4v) is 2.04. The van der Waals surface area contributed by atoms with Gasteiger partial charge in [-0.05, 0) is 30.2 Å². The van der Waals surface area contributed by atoms with E-state index in [0.29, 0.717) is 23.7 Å². The fourth-order valence-electron chi connectivity index (χ4n) is 2.04. The molecule has 2 rings (SSSR count). The topological polar surface area (TPSA) is 87.8 Å². The minimum atomic E-state index is -0.0708. The lowest BCUT2D eigenvalue weighted by atomic mass is 10.2. The SMILES string of the molecule is C=C/C(=C/C(=N\C(=N)c1cccc(OC)n1)Oc1ccccc1)CCO. The van der Waals surface area contributed by atoms with Crippen LogP contribution in [0.15, 0.2) is 77.8 Å². The highest BCUT2D eigenvalue weighted by Gasteiger charge is 2.08. The Morgan fingerprint density at radius 1 is 1.23 bits per heavy atom. The van der Waals surface area contributed by atoms with Crippen LogP contribution in [0.2, 0.25) is 0 Å². The standard InChI is InChI=1S/C20H21N3O3/c1-3-15(12-13-24)14-19(26-16-8-5-4-6-9-16)23-20(21)17-10-7-11-18(22-17)25-2/h3-11,14,21,24H,1,12-13H2,2H3/b15-14-,21-20?,23-19+. The summed E-state index contributed by atoms with van der Waals surface area (Å²) in [6.07, 6.45) is 3.67. The molecular formula is C20H21N3O3. The molecule has 0 fully saturated rings. The lowest BCUT2D eigenvalue weighted by Gasteiger charge is -2.08. The molecule has 0 unspecified atom stereocenters. The van der Waals surface area contributed by atoms with E-state index in [9.17, 15) is 0 Å². The molecule has 2 N–H and O–H groups in total. The van der Waals surface area contributed by atoms with Gasteiger partial charge in [-0.3, -0.25) is 5.41 Å². The quantitative estimate of drug-likeness (QED) is 0.455. The third-order valence-electron chi connectivity index (χ3n) is 3.33. The second kappa shape index (κ2) is 9.90. The Morgan fingerprint density at radius 3 is 2.65 bits per heavy atom. The number of para-hydroxylation sites is 1. The van der Waals surface area contributed by atoms with Crippen molar-refractivity contribution in [1.82, 2.24) is 4.98 Å². The molecule has 0 aliphatic rings. The maximum atomic E-state index is 9.15. The van der Waals surface area contributed by atoms with Gasteiger partial charge in [-0.15, -0.1) is 0 Å². The van der Waals surface area contributed by atoms with Crippen LogP contribution in [0.5, 0.6) is 11.6 Å². The first-order chi connectivity index (χ1) is 12.7. The zero-order chi connectivity index (χ0) is 18.8. The van der Waals surface area contributed by atoms with E-state index >= 15 is 0 Å². The number of aliphatic hydroxyl groups is 1. The van der Waals surface area contributed by atoms with E-state index in [1.54, 1.807) is 42.5 Å². The van der Waals surface area contributed by atoms with Crippen molar-refractivity contribution in [2.75, 3.05) is 13.7 Å². The summed E-state index contributed by atoms with van der Waals surface area (Å²) in [4.78, 5) is 8.44. The van der Waals surface area contributed by atoms with Crippen molar-refractivity contribution < 1.29 is 14.6 Å². The number of amidine groups is 1. The van der Waals surface area contributed by atoms with Crippen molar-refractivity contribution >= 4 is 11.7 Å². The molecule has 0 spiro atoms. The van der Waals surface area contributed by atoms with Crippen LogP contribution in [0.4, 0.5) is 0 Å². The smallest absolute Gasteiger partial charge is 0.221 e. The summed E-state index contributed by atoms with van der Waals surface area (Å²) in [5.74, 6) is 1.12. The minimum absolute atomic E-state index is 0.0225. The van der Waals surface area contributed by atoms with Crippen LogP contribution in [-0.2, 0) is 0 Å². The Bertz CT molecular complexity index is 814. The maximum absolute atomic E-state index is 9.15. The molecule has 0 bridgehead atoms. The average molecular weight is 351 g/mol. The van der Waals surface area contributed by atoms with Crippen LogP contribution < -0.4 is 9.47 Å². The van der Waals surface area contributed by atoms with E-state index in [4.69, 9.17) is 20.0 Å². The molecule has 0 aliphatic carbocycles. The minimum Gasteiger partial charge on any atom is -0.481 e. The molecule has 6 nitrogen and oxygen atoms in total. The number of allylic oxidation sites excluding steroid dienone is 1. The van der Waals surface area contributed by atoms with Crippen LogP contribution >= 0.6 is 0 Å². The number of pyridine rings is 1. The normalized spacial score (nSPS) is 11.8. The lowest BCUT2D eigenvalue weighted by Crippen LogP contribution is -2.11. The first kappa shape index (κ1) is 19.1. The van der Waals surface area contributed by atoms with E-state index in [1.165, 1.54) is 7.11 Å². The van der Waals surface area contributed by atoms with Gasteiger partial charge in [-0.1, -0.05) is 36.9 Å². The van der Waals surface area contributed by atoms with Crippen LogP contribution in [0.3, 0.4) is 0 Å². The predicted octanol–water partition coefficient (Wildman–Crippen LogP) is 3.39. The van der Waals surface area contributed by atoms with E-state index in [1.807, 2.05) is 18.2 Å². The number of aliphatic imine (C=N–C) groups is 1. The second-order valence-electron chi connectivity index (χ2n) is 5.18. The molecule has 1 aromatic carbocycles. The molecular weight excluding hydrogens is 330 g/mol. The molecule has 0 aliphatic heterocycles. The predicted molar refractivity (Wildman–Crippen MR) is 102 cm³/mol. The van der Waals surface area contributed by atoms with Crippen molar-refractivity contribution in [1.29, 1.82) is 5.41 Å². The summed E-state index contributed by atoms with van der Waals surface area (Å²) in [7, 11) is 1.51. The molecule has 0 radical (unpaired) electrons. The maximum Gasteiger partial charge on any atom is 0.221 e. The molecule has 1 aromatic heterocycles. The van der Waals surface area contributed by atoms with Gasteiger partial charge in [-0.25, -0.2) is 4.98 Å². The van der Waals surface area contributed by atoms with Crippen molar-refractivity contribution in [3.05, 3.63) is 78.5 Å². The van der Waals surface area contributed by atoms with Gasteiger partial charge in [0.2, 0.25) is 11.8 Å². The molecule has 0 amide bonds.